The van der Waals surface area contributed by atoms with E-state index in [1.165, 1.54) is 16.7 Å². The van der Waals surface area contributed by atoms with E-state index in [0.717, 1.165) is 0 Å². The van der Waals surface area contributed by atoms with E-state index in [1.807, 2.05) is 0 Å². The summed E-state index contributed by atoms with van der Waals surface area (Å²) in [5, 5.41) is 3.06. The molecule has 1 amide bonds. The first kappa shape index (κ1) is 15.8. The zero-order valence-corrected chi connectivity index (χ0v) is 13.6. The number of halogens is 1. The number of pyridine rings is 1. The first-order valence-electron chi connectivity index (χ1n) is 6.99. The first-order chi connectivity index (χ1) is 11.0. The van der Waals surface area contributed by atoms with Crippen molar-refractivity contribution in [3.63, 3.8) is 0 Å². The maximum absolute atomic E-state index is 12.2. The Bertz CT molecular complexity index is 840. The third-order valence-electron chi connectivity index (χ3n) is 3.51. The van der Waals surface area contributed by atoms with E-state index in [4.69, 9.17) is 11.6 Å². The van der Waals surface area contributed by atoms with Gasteiger partial charge in [-0.3, -0.25) is 14.1 Å². The lowest BCUT2D eigenvalue weighted by Crippen LogP contribution is -2.25. The minimum Gasteiger partial charge on any atom is -0.322 e. The number of carbonyl (C=O) groups is 1. The van der Waals surface area contributed by atoms with Crippen molar-refractivity contribution in [1.29, 1.82) is 0 Å². The fraction of sp³-hybridized carbons (Fsp3) is 0.200. The summed E-state index contributed by atoms with van der Waals surface area (Å²) < 4.78 is 25.4. The molecule has 0 bridgehead atoms. The average molecular weight is 352 g/mol. The second-order valence-corrected chi connectivity index (χ2v) is 7.52. The number of anilines is 2. The summed E-state index contributed by atoms with van der Waals surface area (Å²) in [7, 11) is -3.33. The molecule has 0 unspecified atom stereocenters. The molecule has 0 radical (unpaired) electrons. The van der Waals surface area contributed by atoms with Gasteiger partial charge in [0.05, 0.1) is 16.5 Å². The maximum Gasteiger partial charge on any atom is 0.255 e. The summed E-state index contributed by atoms with van der Waals surface area (Å²) in [6, 6.07) is 7.97. The van der Waals surface area contributed by atoms with Crippen molar-refractivity contribution in [2.24, 2.45) is 0 Å². The van der Waals surface area contributed by atoms with Gasteiger partial charge < -0.3 is 5.32 Å². The summed E-state index contributed by atoms with van der Waals surface area (Å²) in [4.78, 5) is 16.0. The van der Waals surface area contributed by atoms with Gasteiger partial charge in [0, 0.05) is 30.2 Å². The molecule has 1 aromatic carbocycles. The Balaban J connectivity index is 1.88. The largest absolute Gasteiger partial charge is 0.322 e. The number of hydrogen-bond donors (Lipinski definition) is 1. The van der Waals surface area contributed by atoms with Gasteiger partial charge in [-0.25, -0.2) is 8.42 Å². The second kappa shape index (κ2) is 6.17. The molecule has 23 heavy (non-hydrogen) atoms. The smallest absolute Gasteiger partial charge is 0.255 e. The maximum atomic E-state index is 12.2. The molecule has 0 spiro atoms. The van der Waals surface area contributed by atoms with Crippen molar-refractivity contribution >= 4 is 38.9 Å². The highest BCUT2D eigenvalue weighted by Gasteiger charge is 2.30. The number of rotatable bonds is 3. The van der Waals surface area contributed by atoms with Crippen LogP contribution in [-0.2, 0) is 10.0 Å². The van der Waals surface area contributed by atoms with E-state index in [2.05, 4.69) is 10.3 Å². The molecule has 8 heteroatoms. The third kappa shape index (κ3) is 3.30. The predicted octanol–water partition coefficient (Wildman–Crippen LogP) is 2.53. The zero-order valence-electron chi connectivity index (χ0n) is 12.1. The van der Waals surface area contributed by atoms with Crippen LogP contribution in [0.3, 0.4) is 0 Å². The number of nitrogens with zero attached hydrogens (tertiary/aromatic N) is 2. The molecule has 0 saturated carbocycles. The molecule has 1 saturated heterocycles. The zero-order chi connectivity index (χ0) is 16.4. The summed E-state index contributed by atoms with van der Waals surface area (Å²) in [6.45, 7) is 0.393. The molecule has 0 atom stereocenters. The average Bonchev–Trinajstić information content (AvgIpc) is 2.89. The van der Waals surface area contributed by atoms with Crippen LogP contribution < -0.4 is 9.62 Å². The second-order valence-electron chi connectivity index (χ2n) is 5.10. The highest BCUT2D eigenvalue weighted by atomic mass is 35.5. The monoisotopic (exact) mass is 351 g/mol. The van der Waals surface area contributed by atoms with Gasteiger partial charge in [-0.05, 0) is 36.8 Å². The van der Waals surface area contributed by atoms with E-state index in [-0.39, 0.29) is 11.7 Å². The molecule has 3 rings (SSSR count). The van der Waals surface area contributed by atoms with Gasteiger partial charge in [0.25, 0.3) is 5.91 Å². The minimum atomic E-state index is -3.33. The molecule has 1 fully saturated rings. The van der Waals surface area contributed by atoms with E-state index in [1.54, 1.807) is 30.3 Å². The summed E-state index contributed by atoms with van der Waals surface area (Å²) in [5.74, 6) is -0.193. The number of carbonyl (C=O) groups excluding carboxylic acids is 1. The molecular weight excluding hydrogens is 338 g/mol. The van der Waals surface area contributed by atoms with Gasteiger partial charge in [0.1, 0.15) is 0 Å². The lowest BCUT2D eigenvalue weighted by atomic mass is 10.2. The van der Waals surface area contributed by atoms with Crippen LogP contribution in [0.1, 0.15) is 16.8 Å². The van der Waals surface area contributed by atoms with Crippen LogP contribution in [-0.4, -0.2) is 31.6 Å². The van der Waals surface area contributed by atoms with Crippen molar-refractivity contribution in [3.8, 4) is 0 Å². The Kier molecular flexibility index (Phi) is 4.23. The number of aromatic nitrogens is 1. The molecule has 2 aromatic rings. The Morgan fingerprint density at radius 3 is 2.61 bits per heavy atom. The summed E-state index contributed by atoms with van der Waals surface area (Å²) in [6.07, 6.45) is 3.62. The molecule has 2 heterocycles. The van der Waals surface area contributed by atoms with Crippen LogP contribution in [0, 0.1) is 0 Å². The Morgan fingerprint density at radius 1 is 1.22 bits per heavy atom. The normalized spacial score (nSPS) is 16.3. The lowest BCUT2D eigenvalue weighted by molar-refractivity contribution is 0.102. The molecule has 1 aliphatic heterocycles. The van der Waals surface area contributed by atoms with Gasteiger partial charge in [0.2, 0.25) is 10.0 Å². The Labute approximate surface area is 139 Å². The van der Waals surface area contributed by atoms with Gasteiger partial charge in [-0.2, -0.15) is 0 Å². The standard InChI is InChI=1S/C15H14ClN3O3S/c16-13-3-2-12(18-15(20)11-4-6-17-7-5-11)10-14(13)19-8-1-9-23(19,21)22/h2-7,10H,1,8-9H2,(H,18,20). The molecule has 120 valence electrons. The Morgan fingerprint density at radius 2 is 1.96 bits per heavy atom. The van der Waals surface area contributed by atoms with Gasteiger partial charge in [0.15, 0.2) is 0 Å². The number of sulfonamides is 1. The van der Waals surface area contributed by atoms with Crippen LogP contribution >= 0.6 is 11.6 Å². The molecule has 0 aliphatic carbocycles. The first-order valence-corrected chi connectivity index (χ1v) is 8.97. The number of nitrogens with one attached hydrogen (secondary N) is 1. The molecular formula is C15H14ClN3O3S. The predicted molar refractivity (Wildman–Crippen MR) is 89.4 cm³/mol. The van der Waals surface area contributed by atoms with Gasteiger partial charge in [-0.1, -0.05) is 11.6 Å². The molecule has 1 aliphatic rings. The molecule has 6 nitrogen and oxygen atoms in total. The van der Waals surface area contributed by atoms with E-state index in [9.17, 15) is 13.2 Å². The van der Waals surface area contributed by atoms with E-state index in [0.29, 0.717) is 34.9 Å². The van der Waals surface area contributed by atoms with Crippen molar-refractivity contribution in [2.45, 2.75) is 6.42 Å². The SMILES string of the molecule is O=C(Nc1ccc(Cl)c(N2CCCS2(=O)=O)c1)c1ccncc1. The third-order valence-corrected chi connectivity index (χ3v) is 5.69. The topological polar surface area (TPSA) is 79.4 Å². The van der Waals surface area contributed by atoms with Crippen molar-refractivity contribution in [1.82, 2.24) is 4.98 Å². The van der Waals surface area contributed by atoms with E-state index >= 15 is 0 Å². The van der Waals surface area contributed by atoms with Crippen LogP contribution in [0.2, 0.25) is 5.02 Å². The molecule has 1 N–H and O–H groups in total. The van der Waals surface area contributed by atoms with Crippen LogP contribution in [0.5, 0.6) is 0 Å². The highest BCUT2D eigenvalue weighted by Crippen LogP contribution is 2.33. The summed E-state index contributed by atoms with van der Waals surface area (Å²) >= 11 is 6.13. The van der Waals surface area contributed by atoms with Crippen LogP contribution in [0.15, 0.2) is 42.7 Å². The van der Waals surface area contributed by atoms with Crippen LogP contribution in [0.25, 0.3) is 0 Å². The van der Waals surface area contributed by atoms with Crippen LogP contribution in [0.4, 0.5) is 11.4 Å². The van der Waals surface area contributed by atoms with E-state index < -0.39 is 10.0 Å². The van der Waals surface area contributed by atoms with Gasteiger partial charge in [-0.15, -0.1) is 0 Å². The number of amides is 1. The molecule has 1 aromatic heterocycles. The fourth-order valence-corrected chi connectivity index (χ4v) is 4.24. The summed E-state index contributed by atoms with van der Waals surface area (Å²) in [5.41, 5.74) is 1.33. The Hall–Kier alpha value is -2.12. The lowest BCUT2D eigenvalue weighted by Gasteiger charge is -2.19. The van der Waals surface area contributed by atoms with Crippen molar-refractivity contribution in [3.05, 3.63) is 53.3 Å². The number of hydrogen-bond acceptors (Lipinski definition) is 4. The van der Waals surface area contributed by atoms with Crippen molar-refractivity contribution < 1.29 is 13.2 Å². The van der Waals surface area contributed by atoms with Crippen molar-refractivity contribution in [2.75, 3.05) is 21.9 Å². The van der Waals surface area contributed by atoms with Gasteiger partial charge >= 0.3 is 0 Å². The number of benzene rings is 1. The fourth-order valence-electron chi connectivity index (χ4n) is 2.40. The quantitative estimate of drug-likeness (QED) is 0.921. The minimum absolute atomic E-state index is 0.108. The highest BCUT2D eigenvalue weighted by molar-refractivity contribution is 7.93.